The largest absolute Gasteiger partial charge is 0.615 e. The highest BCUT2D eigenvalue weighted by Crippen LogP contribution is 2.49. The van der Waals surface area contributed by atoms with Gasteiger partial charge in [0.2, 0.25) is 10.1 Å². The number of β-lactam (4-membered cyclic amide) rings is 1. The summed E-state index contributed by atoms with van der Waals surface area (Å²) in [5.41, 5.74) is 0.494. The topological polar surface area (TPSA) is 113 Å². The van der Waals surface area contributed by atoms with Gasteiger partial charge in [0.15, 0.2) is 6.04 Å². The van der Waals surface area contributed by atoms with Gasteiger partial charge in [-0.1, -0.05) is 11.6 Å². The molecule has 10 heteroatoms. The first-order valence-corrected chi connectivity index (χ1v) is 9.76. The SMILES string of the molecule is CC[S+]([O-])C1(Cl)CC2CC(=O)N2[C@@H]1C(=O)OCc1ccc([N+](=O)[O-])cc1. The van der Waals surface area contributed by atoms with Gasteiger partial charge in [-0.05, 0) is 35.8 Å². The first-order chi connectivity index (χ1) is 12.3. The highest BCUT2D eigenvalue weighted by Gasteiger charge is 2.67. The molecule has 0 saturated carbocycles. The van der Waals surface area contributed by atoms with Gasteiger partial charge in [0.25, 0.3) is 5.69 Å². The fraction of sp³-hybridized carbons (Fsp3) is 0.500. The van der Waals surface area contributed by atoms with E-state index in [0.717, 1.165) is 0 Å². The molecule has 0 spiro atoms. The molecule has 0 N–H and O–H groups in total. The second-order valence-corrected chi connectivity index (χ2v) is 9.11. The summed E-state index contributed by atoms with van der Waals surface area (Å²) < 4.78 is 16.4. The summed E-state index contributed by atoms with van der Waals surface area (Å²) in [6.07, 6.45) is 0.583. The van der Waals surface area contributed by atoms with Crippen LogP contribution in [0.15, 0.2) is 24.3 Å². The van der Waals surface area contributed by atoms with Crippen molar-refractivity contribution in [3.05, 3.63) is 39.9 Å². The average molecular weight is 401 g/mol. The van der Waals surface area contributed by atoms with Crippen molar-refractivity contribution in [2.75, 3.05) is 5.75 Å². The number of hydrogen-bond acceptors (Lipinski definition) is 6. The molecule has 2 fully saturated rings. The minimum atomic E-state index is -1.50. The Morgan fingerprint density at radius 2 is 2.12 bits per heavy atom. The van der Waals surface area contributed by atoms with Crippen LogP contribution in [-0.4, -0.2) is 48.3 Å². The minimum absolute atomic E-state index is 0.0667. The Hall–Kier alpha value is -1.84. The number of ether oxygens (including phenoxy) is 1. The van der Waals surface area contributed by atoms with E-state index in [4.69, 9.17) is 16.3 Å². The van der Waals surface area contributed by atoms with Crippen molar-refractivity contribution >= 4 is 40.3 Å². The van der Waals surface area contributed by atoms with E-state index in [1.54, 1.807) is 6.92 Å². The third kappa shape index (κ3) is 3.15. The molecule has 0 bridgehead atoms. The summed E-state index contributed by atoms with van der Waals surface area (Å²) in [6, 6.07) is 4.31. The van der Waals surface area contributed by atoms with Gasteiger partial charge in [0.05, 0.1) is 4.92 Å². The first kappa shape index (κ1) is 18.9. The van der Waals surface area contributed by atoms with Gasteiger partial charge in [0, 0.05) is 31.0 Å². The normalized spacial score (nSPS) is 28.3. The predicted octanol–water partition coefficient (Wildman–Crippen LogP) is 1.71. The molecule has 0 aromatic heterocycles. The van der Waals surface area contributed by atoms with E-state index < -0.39 is 32.3 Å². The lowest BCUT2D eigenvalue weighted by Crippen LogP contribution is -2.58. The van der Waals surface area contributed by atoms with E-state index in [-0.39, 0.29) is 36.4 Å². The van der Waals surface area contributed by atoms with Gasteiger partial charge < -0.3 is 14.2 Å². The lowest BCUT2D eigenvalue weighted by molar-refractivity contribution is -0.384. The Labute approximate surface area is 157 Å². The summed E-state index contributed by atoms with van der Waals surface area (Å²) in [4.78, 5) is 36.0. The van der Waals surface area contributed by atoms with Gasteiger partial charge in [0.1, 0.15) is 12.4 Å². The Morgan fingerprint density at radius 3 is 2.65 bits per heavy atom. The van der Waals surface area contributed by atoms with E-state index in [1.165, 1.54) is 29.2 Å². The molecule has 0 radical (unpaired) electrons. The molecule has 2 saturated heterocycles. The maximum absolute atomic E-state index is 12.6. The number of carbonyl (C=O) groups is 2. The molecule has 3 unspecified atom stereocenters. The van der Waals surface area contributed by atoms with E-state index in [2.05, 4.69) is 0 Å². The third-order valence-electron chi connectivity index (χ3n) is 4.68. The molecular weight excluding hydrogens is 384 g/mol. The number of hydrogen-bond donors (Lipinski definition) is 0. The number of fused-ring (bicyclic) bond motifs is 1. The van der Waals surface area contributed by atoms with Crippen molar-refractivity contribution < 1.29 is 23.8 Å². The van der Waals surface area contributed by atoms with Gasteiger partial charge >= 0.3 is 5.97 Å². The number of amides is 1. The molecule has 2 aliphatic rings. The second-order valence-electron chi connectivity index (χ2n) is 6.22. The van der Waals surface area contributed by atoms with Crippen LogP contribution in [0.2, 0.25) is 0 Å². The highest BCUT2D eigenvalue weighted by molar-refractivity contribution is 7.94. The standard InChI is InChI=1S/C16H17ClN2O6S/c1-2-26(24)16(17)8-12-7-13(20)18(12)14(16)15(21)25-9-10-3-5-11(6-4-10)19(22)23/h3-6,12,14H,2,7-9H2,1H3/t12?,14-,16?,26?/m1/s1. The van der Waals surface area contributed by atoms with Gasteiger partial charge in [-0.2, -0.15) is 0 Å². The lowest BCUT2D eigenvalue weighted by atomic mass is 10.0. The zero-order valence-corrected chi connectivity index (χ0v) is 15.5. The Bertz CT molecular complexity index is 745. The molecule has 8 nitrogen and oxygen atoms in total. The fourth-order valence-electron chi connectivity index (χ4n) is 3.36. The monoisotopic (exact) mass is 400 g/mol. The molecular formula is C16H17ClN2O6S. The molecule has 2 heterocycles. The van der Waals surface area contributed by atoms with Crippen molar-refractivity contribution in [2.45, 2.75) is 42.7 Å². The van der Waals surface area contributed by atoms with Crippen LogP contribution >= 0.6 is 11.6 Å². The van der Waals surface area contributed by atoms with Crippen LogP contribution in [0.3, 0.4) is 0 Å². The molecule has 140 valence electrons. The molecule has 1 aromatic carbocycles. The Morgan fingerprint density at radius 1 is 1.46 bits per heavy atom. The summed E-state index contributed by atoms with van der Waals surface area (Å²) in [7, 11) is 0. The summed E-state index contributed by atoms with van der Waals surface area (Å²) in [5.74, 6) is -0.650. The number of nitro benzene ring substituents is 1. The van der Waals surface area contributed by atoms with Crippen LogP contribution < -0.4 is 0 Å². The third-order valence-corrected chi connectivity index (χ3v) is 7.23. The number of carbonyl (C=O) groups excluding carboxylic acids is 2. The van der Waals surface area contributed by atoms with Crippen LogP contribution in [0.25, 0.3) is 0 Å². The molecule has 2 aliphatic heterocycles. The van der Waals surface area contributed by atoms with Gasteiger partial charge in [-0.15, -0.1) is 0 Å². The number of esters is 1. The number of nitrogens with zero attached hydrogens (tertiary/aromatic N) is 2. The molecule has 0 aliphatic carbocycles. The zero-order chi connectivity index (χ0) is 19.1. The van der Waals surface area contributed by atoms with Gasteiger partial charge in [-0.25, -0.2) is 4.79 Å². The predicted molar refractivity (Wildman–Crippen MR) is 93.8 cm³/mol. The number of alkyl halides is 1. The zero-order valence-electron chi connectivity index (χ0n) is 13.9. The van der Waals surface area contributed by atoms with E-state index >= 15 is 0 Å². The van der Waals surface area contributed by atoms with E-state index in [9.17, 15) is 24.3 Å². The van der Waals surface area contributed by atoms with Crippen LogP contribution in [0.4, 0.5) is 5.69 Å². The van der Waals surface area contributed by atoms with Crippen molar-refractivity contribution in [1.82, 2.24) is 4.90 Å². The quantitative estimate of drug-likeness (QED) is 0.179. The molecule has 1 aromatic rings. The number of non-ortho nitro benzene ring substituents is 1. The van der Waals surface area contributed by atoms with Crippen LogP contribution in [0.5, 0.6) is 0 Å². The van der Waals surface area contributed by atoms with Crippen LogP contribution in [0, 0.1) is 10.1 Å². The molecule has 4 atom stereocenters. The highest BCUT2D eigenvalue weighted by atomic mass is 35.5. The maximum Gasteiger partial charge on any atom is 0.336 e. The maximum atomic E-state index is 12.6. The fourth-order valence-corrected chi connectivity index (χ4v) is 5.37. The summed E-state index contributed by atoms with van der Waals surface area (Å²) in [6.45, 7) is 1.59. The Balaban J connectivity index is 1.72. The minimum Gasteiger partial charge on any atom is -0.615 e. The van der Waals surface area contributed by atoms with Crippen molar-refractivity contribution in [3.8, 4) is 0 Å². The number of halogens is 1. The second kappa shape index (κ2) is 7.05. The number of nitro groups is 1. The summed E-state index contributed by atoms with van der Waals surface area (Å²) >= 11 is 5.05. The number of benzene rings is 1. The number of rotatable bonds is 6. The first-order valence-electron chi connectivity index (χ1n) is 8.06. The van der Waals surface area contributed by atoms with E-state index in [0.29, 0.717) is 12.0 Å². The summed E-state index contributed by atoms with van der Waals surface area (Å²) in [5, 5.41) is 10.7. The lowest BCUT2D eigenvalue weighted by Gasteiger charge is -2.38. The molecule has 26 heavy (non-hydrogen) atoms. The molecule has 1 amide bonds. The van der Waals surface area contributed by atoms with E-state index in [1.807, 2.05) is 0 Å². The Kier molecular flexibility index (Phi) is 5.14. The van der Waals surface area contributed by atoms with Crippen molar-refractivity contribution in [3.63, 3.8) is 0 Å². The van der Waals surface area contributed by atoms with Crippen LogP contribution in [-0.2, 0) is 32.1 Å². The average Bonchev–Trinajstić information content (AvgIpc) is 2.87. The van der Waals surface area contributed by atoms with Gasteiger partial charge in [-0.3, -0.25) is 14.9 Å². The van der Waals surface area contributed by atoms with Crippen LogP contribution in [0.1, 0.15) is 25.3 Å². The molecule has 3 rings (SSSR count). The van der Waals surface area contributed by atoms with Crippen molar-refractivity contribution in [2.24, 2.45) is 0 Å². The smallest absolute Gasteiger partial charge is 0.336 e. The van der Waals surface area contributed by atoms with Crippen molar-refractivity contribution in [1.29, 1.82) is 0 Å².